The molecule has 0 aliphatic carbocycles. The van der Waals surface area contributed by atoms with Crippen LogP contribution in [0, 0.1) is 0 Å². The van der Waals surface area contributed by atoms with E-state index in [1.807, 2.05) is 24.3 Å². The van der Waals surface area contributed by atoms with Gasteiger partial charge < -0.3 is 14.8 Å². The number of benzene rings is 1. The Balaban J connectivity index is 2.59. The average Bonchev–Trinajstić information content (AvgIpc) is 2.40. The van der Waals surface area contributed by atoms with Gasteiger partial charge in [-0.15, -0.1) is 0 Å². The maximum Gasteiger partial charge on any atom is 0.120 e. The number of hydrogen-bond acceptors (Lipinski definition) is 3. The third-order valence-corrected chi connectivity index (χ3v) is 3.10. The number of nitrogens with one attached hydrogen (secondary N) is 1. The van der Waals surface area contributed by atoms with Crippen LogP contribution in [0.15, 0.2) is 24.3 Å². The summed E-state index contributed by atoms with van der Waals surface area (Å²) >= 11 is 0. The molecule has 0 aliphatic heterocycles. The van der Waals surface area contributed by atoms with Gasteiger partial charge in [0.25, 0.3) is 0 Å². The Morgan fingerprint density at radius 3 is 2.22 bits per heavy atom. The van der Waals surface area contributed by atoms with Gasteiger partial charge >= 0.3 is 0 Å². The second-order valence-electron chi connectivity index (χ2n) is 4.76. The zero-order valence-corrected chi connectivity index (χ0v) is 12.0. The summed E-state index contributed by atoms with van der Waals surface area (Å²) in [4.78, 5) is 0. The van der Waals surface area contributed by atoms with Crippen molar-refractivity contribution in [1.29, 1.82) is 0 Å². The normalized spacial score (nSPS) is 14.0. The van der Waals surface area contributed by atoms with Crippen LogP contribution < -0.4 is 14.8 Å². The highest BCUT2D eigenvalue weighted by Gasteiger charge is 2.23. The van der Waals surface area contributed by atoms with Crippen LogP contribution in [-0.2, 0) is 0 Å². The van der Waals surface area contributed by atoms with Crippen molar-refractivity contribution in [2.75, 3.05) is 20.2 Å². The van der Waals surface area contributed by atoms with E-state index in [2.05, 4.69) is 26.1 Å². The van der Waals surface area contributed by atoms with Gasteiger partial charge in [-0.2, -0.15) is 0 Å². The Morgan fingerprint density at radius 1 is 1.11 bits per heavy atom. The maximum atomic E-state index is 6.08. The highest BCUT2D eigenvalue weighted by atomic mass is 16.5. The molecule has 1 unspecified atom stereocenters. The minimum Gasteiger partial charge on any atom is -0.497 e. The van der Waals surface area contributed by atoms with Gasteiger partial charge in [-0.25, -0.2) is 0 Å². The van der Waals surface area contributed by atoms with E-state index >= 15 is 0 Å². The number of rotatable bonds is 8. The van der Waals surface area contributed by atoms with Crippen molar-refractivity contribution in [3.63, 3.8) is 0 Å². The molecule has 0 heterocycles. The first-order chi connectivity index (χ1) is 8.63. The average molecular weight is 251 g/mol. The molecule has 0 radical (unpaired) electrons. The minimum absolute atomic E-state index is 0.163. The summed E-state index contributed by atoms with van der Waals surface area (Å²) in [5.74, 6) is 1.74. The molecule has 0 fully saturated rings. The molecule has 0 amide bonds. The number of ether oxygens (including phenoxy) is 2. The molecular weight excluding hydrogens is 226 g/mol. The predicted octanol–water partition coefficient (Wildman–Crippen LogP) is 3.24. The van der Waals surface area contributed by atoms with Crippen LogP contribution in [0.4, 0.5) is 0 Å². The first-order valence-corrected chi connectivity index (χ1v) is 6.67. The van der Waals surface area contributed by atoms with Crippen molar-refractivity contribution in [3.05, 3.63) is 24.3 Å². The zero-order valence-electron chi connectivity index (χ0n) is 12.0. The molecule has 102 valence electrons. The van der Waals surface area contributed by atoms with Gasteiger partial charge in [-0.1, -0.05) is 13.8 Å². The molecule has 3 heteroatoms. The molecule has 18 heavy (non-hydrogen) atoms. The summed E-state index contributed by atoms with van der Waals surface area (Å²) < 4.78 is 11.2. The van der Waals surface area contributed by atoms with Crippen LogP contribution >= 0.6 is 0 Å². The van der Waals surface area contributed by atoms with Crippen molar-refractivity contribution in [3.8, 4) is 11.5 Å². The molecule has 0 spiro atoms. The molecule has 0 aliphatic rings. The first kappa shape index (κ1) is 14.8. The van der Waals surface area contributed by atoms with Crippen LogP contribution in [0.2, 0.25) is 0 Å². The van der Waals surface area contributed by atoms with Gasteiger partial charge in [0.1, 0.15) is 17.1 Å². The van der Waals surface area contributed by atoms with Gasteiger partial charge in [-0.05, 0) is 50.6 Å². The molecule has 0 aromatic heterocycles. The molecular formula is C15H25NO2. The van der Waals surface area contributed by atoms with E-state index in [1.165, 1.54) is 0 Å². The second-order valence-corrected chi connectivity index (χ2v) is 4.76. The summed E-state index contributed by atoms with van der Waals surface area (Å²) in [6.45, 7) is 8.35. The van der Waals surface area contributed by atoms with Crippen molar-refractivity contribution in [2.24, 2.45) is 0 Å². The molecule has 0 bridgehead atoms. The van der Waals surface area contributed by atoms with E-state index in [0.717, 1.165) is 37.4 Å². The lowest BCUT2D eigenvalue weighted by molar-refractivity contribution is 0.0837. The van der Waals surface area contributed by atoms with E-state index in [4.69, 9.17) is 9.47 Å². The van der Waals surface area contributed by atoms with Crippen molar-refractivity contribution < 1.29 is 9.47 Å². The minimum atomic E-state index is -0.163. The molecule has 0 saturated heterocycles. The highest BCUT2D eigenvalue weighted by Crippen LogP contribution is 2.23. The maximum absolute atomic E-state index is 6.08. The van der Waals surface area contributed by atoms with Crippen molar-refractivity contribution in [2.45, 2.75) is 39.2 Å². The monoisotopic (exact) mass is 251 g/mol. The molecule has 3 nitrogen and oxygen atoms in total. The van der Waals surface area contributed by atoms with E-state index in [9.17, 15) is 0 Å². The number of hydrogen-bond donors (Lipinski definition) is 1. The lowest BCUT2D eigenvalue weighted by Gasteiger charge is -2.30. The Kier molecular flexibility index (Phi) is 5.99. The van der Waals surface area contributed by atoms with Crippen LogP contribution in [0.1, 0.15) is 33.6 Å². The van der Waals surface area contributed by atoms with E-state index < -0.39 is 0 Å². The van der Waals surface area contributed by atoms with Gasteiger partial charge in [0, 0.05) is 6.54 Å². The Morgan fingerprint density at radius 2 is 1.72 bits per heavy atom. The molecule has 1 aromatic rings. The standard InChI is InChI=1S/C15H25NO2/c1-5-11-16-12-15(3,6-2)18-14-9-7-13(17-4)8-10-14/h7-10,16H,5-6,11-12H2,1-4H3. The Labute approximate surface area is 110 Å². The number of methoxy groups -OCH3 is 1. The molecule has 1 rings (SSSR count). The summed E-state index contributed by atoms with van der Waals surface area (Å²) in [6, 6.07) is 7.74. The fourth-order valence-corrected chi connectivity index (χ4v) is 1.69. The lowest BCUT2D eigenvalue weighted by atomic mass is 10.0. The van der Waals surface area contributed by atoms with Gasteiger partial charge in [-0.3, -0.25) is 0 Å². The fraction of sp³-hybridized carbons (Fsp3) is 0.600. The van der Waals surface area contributed by atoms with Crippen molar-refractivity contribution >= 4 is 0 Å². The van der Waals surface area contributed by atoms with Crippen LogP contribution in [-0.4, -0.2) is 25.8 Å². The Bertz CT molecular complexity index is 337. The van der Waals surface area contributed by atoms with Gasteiger partial charge in [0.05, 0.1) is 7.11 Å². The second kappa shape index (κ2) is 7.27. The first-order valence-electron chi connectivity index (χ1n) is 6.67. The summed E-state index contributed by atoms with van der Waals surface area (Å²) in [5, 5.41) is 3.42. The quantitative estimate of drug-likeness (QED) is 0.719. The third kappa shape index (κ3) is 4.57. The summed E-state index contributed by atoms with van der Waals surface area (Å²) in [6.07, 6.45) is 2.11. The topological polar surface area (TPSA) is 30.5 Å². The van der Waals surface area contributed by atoms with Crippen molar-refractivity contribution in [1.82, 2.24) is 5.32 Å². The third-order valence-electron chi connectivity index (χ3n) is 3.10. The van der Waals surface area contributed by atoms with Gasteiger partial charge in [0.2, 0.25) is 0 Å². The van der Waals surface area contributed by atoms with Crippen LogP contribution in [0.5, 0.6) is 11.5 Å². The molecule has 1 atom stereocenters. The predicted molar refractivity (Wildman–Crippen MR) is 75.5 cm³/mol. The summed E-state index contributed by atoms with van der Waals surface area (Å²) in [5.41, 5.74) is -0.163. The van der Waals surface area contributed by atoms with Gasteiger partial charge in [0.15, 0.2) is 0 Å². The van der Waals surface area contributed by atoms with E-state index in [-0.39, 0.29) is 5.60 Å². The lowest BCUT2D eigenvalue weighted by Crippen LogP contribution is -2.42. The molecule has 1 aromatic carbocycles. The van der Waals surface area contributed by atoms with E-state index in [1.54, 1.807) is 7.11 Å². The largest absolute Gasteiger partial charge is 0.497 e. The molecule has 0 saturated carbocycles. The molecule has 1 N–H and O–H groups in total. The van der Waals surface area contributed by atoms with Crippen LogP contribution in [0.25, 0.3) is 0 Å². The smallest absolute Gasteiger partial charge is 0.120 e. The zero-order chi connectivity index (χ0) is 13.4. The van der Waals surface area contributed by atoms with Crippen LogP contribution in [0.3, 0.4) is 0 Å². The fourth-order valence-electron chi connectivity index (χ4n) is 1.69. The Hall–Kier alpha value is -1.22. The summed E-state index contributed by atoms with van der Waals surface area (Å²) in [7, 11) is 1.67. The SMILES string of the molecule is CCCNCC(C)(CC)Oc1ccc(OC)cc1. The van der Waals surface area contributed by atoms with E-state index in [0.29, 0.717) is 0 Å². The highest BCUT2D eigenvalue weighted by molar-refractivity contribution is 5.31.